The smallest absolute Gasteiger partial charge is 0.318 e. The lowest BCUT2D eigenvalue weighted by Gasteiger charge is -2.23. The second-order valence-corrected chi connectivity index (χ2v) is 4.95. The predicted octanol–water partition coefficient (Wildman–Crippen LogP) is 0.336. The van der Waals surface area contributed by atoms with Crippen molar-refractivity contribution in [2.24, 2.45) is 11.5 Å². The molecule has 0 radical (unpaired) electrons. The van der Waals surface area contributed by atoms with E-state index in [0.717, 1.165) is 11.1 Å². The number of amides is 3. The largest absolute Gasteiger partial charge is 0.389 e. The molecule has 0 spiro atoms. The number of hydrogen-bond acceptors (Lipinski definition) is 4. The second-order valence-electron chi connectivity index (χ2n) is 4.51. The summed E-state index contributed by atoms with van der Waals surface area (Å²) < 4.78 is 0. The molecular weight excluding hydrogens is 276 g/mol. The van der Waals surface area contributed by atoms with E-state index >= 15 is 0 Å². The highest BCUT2D eigenvalue weighted by atomic mass is 32.1. The van der Waals surface area contributed by atoms with Gasteiger partial charge in [-0.25, -0.2) is 4.79 Å². The van der Waals surface area contributed by atoms with E-state index in [-0.39, 0.29) is 0 Å². The Morgan fingerprint density at radius 1 is 1.40 bits per heavy atom. The lowest BCUT2D eigenvalue weighted by molar-refractivity contribution is -0.124. The molecule has 0 aromatic heterocycles. The molecule has 3 amide bonds. The maximum atomic E-state index is 11.7. The standard InChI is InChI=1S/C13H18N4O2S/c1-8(12(18)16-13(15)19)17(2)7-9-4-3-5-10(6-9)11(14)20/h3-6,8H,7H2,1-2H3,(H2,14,20)(H3,15,16,18,19). The number of nitrogens with one attached hydrogen (secondary N) is 1. The summed E-state index contributed by atoms with van der Waals surface area (Å²) >= 11 is 4.92. The number of rotatable bonds is 5. The van der Waals surface area contributed by atoms with Gasteiger partial charge < -0.3 is 11.5 Å². The van der Waals surface area contributed by atoms with E-state index in [0.29, 0.717) is 11.5 Å². The summed E-state index contributed by atoms with van der Waals surface area (Å²) in [4.78, 5) is 24.4. The number of carbonyl (C=O) groups is 2. The van der Waals surface area contributed by atoms with Gasteiger partial charge in [-0.2, -0.15) is 0 Å². The molecule has 1 atom stereocenters. The van der Waals surface area contributed by atoms with Crippen molar-refractivity contribution in [3.63, 3.8) is 0 Å². The fourth-order valence-electron chi connectivity index (χ4n) is 1.67. The third kappa shape index (κ3) is 4.60. The number of nitrogens with zero attached hydrogens (tertiary/aromatic N) is 1. The maximum Gasteiger partial charge on any atom is 0.318 e. The Hall–Kier alpha value is -1.99. The van der Waals surface area contributed by atoms with Crippen molar-refractivity contribution >= 4 is 29.1 Å². The summed E-state index contributed by atoms with van der Waals surface area (Å²) in [5.74, 6) is -0.439. The van der Waals surface area contributed by atoms with Gasteiger partial charge in [-0.3, -0.25) is 15.0 Å². The molecule has 0 saturated carbocycles. The van der Waals surface area contributed by atoms with Crippen molar-refractivity contribution in [3.05, 3.63) is 35.4 Å². The van der Waals surface area contributed by atoms with E-state index < -0.39 is 18.0 Å². The number of urea groups is 1. The van der Waals surface area contributed by atoms with Crippen LogP contribution in [0.3, 0.4) is 0 Å². The fraction of sp³-hybridized carbons (Fsp3) is 0.308. The maximum absolute atomic E-state index is 11.7. The molecule has 0 fully saturated rings. The molecule has 108 valence electrons. The number of primary amides is 1. The Morgan fingerprint density at radius 3 is 2.60 bits per heavy atom. The molecular formula is C13H18N4O2S. The molecule has 1 unspecified atom stereocenters. The number of thiocarbonyl (C=S) groups is 1. The van der Waals surface area contributed by atoms with Crippen LogP contribution in [0, 0.1) is 0 Å². The Balaban J connectivity index is 2.72. The average Bonchev–Trinajstić information content (AvgIpc) is 2.37. The monoisotopic (exact) mass is 294 g/mol. The van der Waals surface area contributed by atoms with E-state index in [1.54, 1.807) is 18.9 Å². The minimum Gasteiger partial charge on any atom is -0.389 e. The van der Waals surface area contributed by atoms with Gasteiger partial charge in [0.15, 0.2) is 0 Å². The zero-order valence-corrected chi connectivity index (χ0v) is 12.2. The van der Waals surface area contributed by atoms with Crippen molar-refractivity contribution < 1.29 is 9.59 Å². The molecule has 1 aromatic carbocycles. The van der Waals surface area contributed by atoms with E-state index in [1.165, 1.54) is 0 Å². The summed E-state index contributed by atoms with van der Waals surface area (Å²) in [5, 5.41) is 2.06. The molecule has 6 nitrogen and oxygen atoms in total. The quantitative estimate of drug-likeness (QED) is 0.680. The first-order valence-corrected chi connectivity index (χ1v) is 6.41. The van der Waals surface area contributed by atoms with E-state index in [4.69, 9.17) is 23.7 Å². The SMILES string of the molecule is CC(C(=O)NC(N)=O)N(C)Cc1cccc(C(N)=S)c1. The van der Waals surface area contributed by atoms with Gasteiger partial charge in [0.05, 0.1) is 6.04 Å². The first kappa shape index (κ1) is 16.1. The molecule has 5 N–H and O–H groups in total. The fourth-order valence-corrected chi connectivity index (χ4v) is 1.80. The summed E-state index contributed by atoms with van der Waals surface area (Å²) in [7, 11) is 1.78. The van der Waals surface area contributed by atoms with Crippen LogP contribution >= 0.6 is 12.2 Å². The van der Waals surface area contributed by atoms with Crippen LogP contribution < -0.4 is 16.8 Å². The van der Waals surface area contributed by atoms with Crippen LogP contribution in [-0.2, 0) is 11.3 Å². The van der Waals surface area contributed by atoms with Gasteiger partial charge in [-0.15, -0.1) is 0 Å². The minimum atomic E-state index is -0.856. The molecule has 7 heteroatoms. The van der Waals surface area contributed by atoms with Gasteiger partial charge in [0.2, 0.25) is 5.91 Å². The zero-order chi connectivity index (χ0) is 15.3. The van der Waals surface area contributed by atoms with Crippen molar-refractivity contribution in [1.29, 1.82) is 0 Å². The Kier molecular flexibility index (Phi) is 5.60. The number of likely N-dealkylation sites (N-methyl/N-ethyl adjacent to an activating group) is 1. The van der Waals surface area contributed by atoms with Crippen molar-refractivity contribution in [2.75, 3.05) is 7.05 Å². The first-order valence-electron chi connectivity index (χ1n) is 6.00. The van der Waals surface area contributed by atoms with Gasteiger partial charge >= 0.3 is 6.03 Å². The number of carbonyl (C=O) groups excluding carboxylic acids is 2. The lowest BCUT2D eigenvalue weighted by Crippen LogP contribution is -2.46. The Labute approximate surface area is 123 Å². The molecule has 1 aromatic rings. The van der Waals surface area contributed by atoms with Crippen LogP contribution in [0.1, 0.15) is 18.1 Å². The van der Waals surface area contributed by atoms with Crippen molar-refractivity contribution in [3.8, 4) is 0 Å². The van der Waals surface area contributed by atoms with Crippen molar-refractivity contribution in [2.45, 2.75) is 19.5 Å². The summed E-state index contributed by atoms with van der Waals surface area (Å²) in [6, 6.07) is 6.12. The molecule has 0 saturated heterocycles. The van der Waals surface area contributed by atoms with E-state index in [1.807, 2.05) is 24.3 Å². The van der Waals surface area contributed by atoms with Crippen LogP contribution in [-0.4, -0.2) is 34.9 Å². The summed E-state index contributed by atoms with van der Waals surface area (Å²) in [5.41, 5.74) is 12.2. The lowest BCUT2D eigenvalue weighted by atomic mass is 10.1. The van der Waals surface area contributed by atoms with Crippen LogP contribution in [0.4, 0.5) is 4.79 Å². The highest BCUT2D eigenvalue weighted by Gasteiger charge is 2.19. The summed E-state index contributed by atoms with van der Waals surface area (Å²) in [6.07, 6.45) is 0. The molecule has 0 bridgehead atoms. The topological polar surface area (TPSA) is 101 Å². The van der Waals surface area contributed by atoms with Crippen LogP contribution in [0.15, 0.2) is 24.3 Å². The normalized spacial score (nSPS) is 11.9. The summed E-state index contributed by atoms with van der Waals surface area (Å²) in [6.45, 7) is 2.21. The van der Waals surface area contributed by atoms with Gasteiger partial charge in [-0.1, -0.05) is 30.4 Å². The predicted molar refractivity (Wildman–Crippen MR) is 81.0 cm³/mol. The molecule has 20 heavy (non-hydrogen) atoms. The Morgan fingerprint density at radius 2 is 2.05 bits per heavy atom. The number of benzene rings is 1. The number of hydrogen-bond donors (Lipinski definition) is 3. The van der Waals surface area contributed by atoms with Crippen LogP contribution in [0.2, 0.25) is 0 Å². The number of imide groups is 1. The molecule has 0 heterocycles. The van der Waals surface area contributed by atoms with Crippen molar-refractivity contribution in [1.82, 2.24) is 10.2 Å². The molecule has 1 rings (SSSR count). The minimum absolute atomic E-state index is 0.328. The highest BCUT2D eigenvalue weighted by Crippen LogP contribution is 2.09. The van der Waals surface area contributed by atoms with Crippen LogP contribution in [0.5, 0.6) is 0 Å². The zero-order valence-electron chi connectivity index (χ0n) is 11.4. The molecule has 0 aliphatic heterocycles. The molecule has 0 aliphatic carbocycles. The molecule has 0 aliphatic rings. The van der Waals surface area contributed by atoms with Gasteiger partial charge in [-0.05, 0) is 25.6 Å². The van der Waals surface area contributed by atoms with Gasteiger partial charge in [0, 0.05) is 12.1 Å². The second kappa shape index (κ2) is 6.97. The third-order valence-corrected chi connectivity index (χ3v) is 3.17. The van der Waals surface area contributed by atoms with Gasteiger partial charge in [0.1, 0.15) is 4.99 Å². The van der Waals surface area contributed by atoms with Gasteiger partial charge in [0.25, 0.3) is 0 Å². The van der Waals surface area contributed by atoms with E-state index in [2.05, 4.69) is 5.32 Å². The number of nitrogens with two attached hydrogens (primary N) is 2. The average molecular weight is 294 g/mol. The Bertz CT molecular complexity index is 533. The third-order valence-electron chi connectivity index (χ3n) is 2.93. The van der Waals surface area contributed by atoms with Crippen LogP contribution in [0.25, 0.3) is 0 Å². The first-order chi connectivity index (χ1) is 9.31. The highest BCUT2D eigenvalue weighted by molar-refractivity contribution is 7.80. The van der Waals surface area contributed by atoms with E-state index in [9.17, 15) is 9.59 Å².